The Labute approximate surface area is 355 Å². The van der Waals surface area contributed by atoms with E-state index in [0.29, 0.717) is 47.0 Å². The molecule has 10 nitrogen and oxygen atoms in total. The molecule has 0 saturated carbocycles. The maximum absolute atomic E-state index is 13.9. The Bertz CT molecular complexity index is 2420. The highest BCUT2D eigenvalue weighted by molar-refractivity contribution is 6.62. The number of hydrogen-bond acceptors (Lipinski definition) is 10. The Hall–Kier alpha value is -6.11. The SMILES string of the molecule is CC1(C)OB(c2cc(F)nc(F)c2)OC1(C)C.Cc1ccc(N)cc1-c1cc(F)nc(F)c1.Cc1ccc(N)cc1-c1cc(F)nc(N2CCOCC2)c1.Fc1cccc(F)n1. The first kappa shape index (κ1) is 47.0. The molecule has 0 amide bonds. The van der Waals surface area contributed by atoms with Crippen molar-refractivity contribution >= 4 is 29.8 Å². The molecule has 8 rings (SSSR count). The number of aryl methyl sites for hydroxylation is 2. The highest BCUT2D eigenvalue weighted by Gasteiger charge is 2.52. The summed E-state index contributed by atoms with van der Waals surface area (Å²) in [7, 11) is -0.771. The Balaban J connectivity index is 0.000000163. The monoisotopic (exact) mass is 863 g/mol. The average Bonchev–Trinajstić information content (AvgIpc) is 3.42. The third-order valence-electron chi connectivity index (χ3n) is 10.0. The van der Waals surface area contributed by atoms with E-state index in [2.05, 4.69) is 19.9 Å². The Kier molecular flexibility index (Phi) is 15.3. The van der Waals surface area contributed by atoms with Crippen LogP contribution in [0.3, 0.4) is 0 Å². The third-order valence-corrected chi connectivity index (χ3v) is 10.0. The minimum Gasteiger partial charge on any atom is -0.399 e. The van der Waals surface area contributed by atoms with Crippen molar-refractivity contribution in [1.82, 2.24) is 19.9 Å². The van der Waals surface area contributed by atoms with Crippen molar-refractivity contribution in [2.45, 2.75) is 52.7 Å². The zero-order valence-corrected chi connectivity index (χ0v) is 34.8. The van der Waals surface area contributed by atoms with E-state index in [1.54, 1.807) is 18.2 Å². The van der Waals surface area contributed by atoms with Crippen molar-refractivity contribution < 1.29 is 44.8 Å². The molecule has 0 bridgehead atoms. The van der Waals surface area contributed by atoms with Gasteiger partial charge in [0.05, 0.1) is 24.4 Å². The van der Waals surface area contributed by atoms with Gasteiger partial charge >= 0.3 is 7.12 Å². The molecule has 6 aromatic rings. The lowest BCUT2D eigenvalue weighted by Gasteiger charge is -2.32. The normalized spacial score (nSPS) is 15.0. The lowest BCUT2D eigenvalue weighted by atomic mass is 9.80. The van der Waals surface area contributed by atoms with Gasteiger partial charge in [-0.1, -0.05) is 18.2 Å². The van der Waals surface area contributed by atoms with Gasteiger partial charge in [0.1, 0.15) is 5.82 Å². The molecule has 2 aliphatic heterocycles. The highest BCUT2D eigenvalue weighted by Crippen LogP contribution is 2.36. The molecule has 4 N–H and O–H groups in total. The Morgan fingerprint density at radius 1 is 0.532 bits per heavy atom. The van der Waals surface area contributed by atoms with Crippen molar-refractivity contribution in [3.8, 4) is 22.3 Å². The van der Waals surface area contributed by atoms with E-state index in [0.717, 1.165) is 59.6 Å². The molecule has 0 atom stereocenters. The van der Waals surface area contributed by atoms with Crippen molar-refractivity contribution in [1.29, 1.82) is 0 Å². The van der Waals surface area contributed by atoms with Gasteiger partial charge in [0, 0.05) is 42.7 Å². The number of nitrogens with zero attached hydrogens (tertiary/aromatic N) is 5. The number of aromatic nitrogens is 4. The van der Waals surface area contributed by atoms with E-state index >= 15 is 0 Å². The van der Waals surface area contributed by atoms with E-state index in [4.69, 9.17) is 25.5 Å². The Morgan fingerprint density at radius 2 is 0.935 bits per heavy atom. The van der Waals surface area contributed by atoms with Crippen LogP contribution < -0.4 is 21.8 Å². The summed E-state index contributed by atoms with van der Waals surface area (Å²) in [5.74, 6) is -4.83. The number of morpholine rings is 1. The number of pyridine rings is 4. The maximum Gasteiger partial charge on any atom is 0.495 e. The summed E-state index contributed by atoms with van der Waals surface area (Å²) >= 11 is 0. The molecular formula is C44H45BF7N7O3. The van der Waals surface area contributed by atoms with Gasteiger partial charge < -0.3 is 30.4 Å². The van der Waals surface area contributed by atoms with Crippen LogP contribution in [0, 0.1) is 55.5 Å². The van der Waals surface area contributed by atoms with Crippen LogP contribution in [0.1, 0.15) is 38.8 Å². The van der Waals surface area contributed by atoms with E-state index in [9.17, 15) is 30.7 Å². The second-order valence-electron chi connectivity index (χ2n) is 15.2. The second kappa shape index (κ2) is 20.2. The quantitative estimate of drug-likeness (QED) is 0.0769. The van der Waals surface area contributed by atoms with E-state index in [1.165, 1.54) is 24.3 Å². The van der Waals surface area contributed by atoms with Crippen LogP contribution in [0.25, 0.3) is 22.3 Å². The molecule has 2 aromatic carbocycles. The van der Waals surface area contributed by atoms with Crippen molar-refractivity contribution in [3.05, 3.63) is 144 Å². The number of ether oxygens (including phenoxy) is 1. The average molecular weight is 864 g/mol. The third kappa shape index (κ3) is 12.7. The van der Waals surface area contributed by atoms with Crippen molar-refractivity contribution in [3.63, 3.8) is 0 Å². The van der Waals surface area contributed by atoms with Gasteiger partial charge in [-0.15, -0.1) is 0 Å². The smallest absolute Gasteiger partial charge is 0.399 e. The fourth-order valence-corrected chi connectivity index (χ4v) is 6.10. The number of halogens is 7. The fraction of sp³-hybridized carbons (Fsp3) is 0.273. The van der Waals surface area contributed by atoms with Crippen LogP contribution >= 0.6 is 0 Å². The first-order chi connectivity index (χ1) is 29.2. The number of hydrogen-bond donors (Lipinski definition) is 2. The summed E-state index contributed by atoms with van der Waals surface area (Å²) in [6.45, 7) is 14.1. The first-order valence-electron chi connectivity index (χ1n) is 19.2. The largest absolute Gasteiger partial charge is 0.495 e. The van der Waals surface area contributed by atoms with Gasteiger partial charge in [0.2, 0.25) is 41.6 Å². The lowest BCUT2D eigenvalue weighted by Crippen LogP contribution is -2.41. The molecule has 4 aromatic heterocycles. The van der Waals surface area contributed by atoms with Crippen LogP contribution in [-0.2, 0) is 14.0 Å². The molecule has 6 heterocycles. The van der Waals surface area contributed by atoms with Crippen LogP contribution in [0.15, 0.2) is 91.0 Å². The van der Waals surface area contributed by atoms with Crippen molar-refractivity contribution in [2.24, 2.45) is 0 Å². The molecule has 326 valence electrons. The van der Waals surface area contributed by atoms with Gasteiger partial charge in [-0.25, -0.2) is 4.98 Å². The zero-order valence-electron chi connectivity index (χ0n) is 34.8. The van der Waals surface area contributed by atoms with Gasteiger partial charge in [-0.05, 0) is 135 Å². The highest BCUT2D eigenvalue weighted by atomic mass is 19.2. The molecule has 0 radical (unpaired) electrons. The molecule has 0 aliphatic carbocycles. The molecule has 62 heavy (non-hydrogen) atoms. The van der Waals surface area contributed by atoms with Crippen LogP contribution in [0.5, 0.6) is 0 Å². The van der Waals surface area contributed by atoms with Gasteiger partial charge in [0.15, 0.2) is 0 Å². The second-order valence-corrected chi connectivity index (χ2v) is 15.2. The standard InChI is InChI=1S/C16H18FN3O.C12H10F2N2.C11H14BF2NO2.C5H3F2N/c1-11-2-3-13(18)10-14(11)12-8-15(17)19-16(9-12)20-4-6-21-7-5-20;1-7-2-3-9(15)6-10(7)8-4-11(13)16-12(14)5-8;1-10(2)11(3,4)17-12(16-10)7-5-8(13)15-9(14)6-7;6-4-2-1-3-5(7)8-4/h2-3,8-10H,4-7,18H2,1H3;2-6H,15H2,1H3;5-6H,1-4H3;1-3H. The molecule has 2 fully saturated rings. The fourth-order valence-electron chi connectivity index (χ4n) is 6.10. The molecule has 2 saturated heterocycles. The molecular weight excluding hydrogens is 818 g/mol. The summed E-state index contributed by atoms with van der Waals surface area (Å²) in [6, 6.07) is 22.3. The molecule has 0 unspecified atom stereocenters. The summed E-state index contributed by atoms with van der Waals surface area (Å²) in [4.78, 5) is 15.0. The van der Waals surface area contributed by atoms with Gasteiger partial charge in [-0.3, -0.25) is 0 Å². The number of nitrogen functional groups attached to an aromatic ring is 2. The maximum atomic E-state index is 13.9. The van der Waals surface area contributed by atoms with Crippen LogP contribution in [0.4, 0.5) is 47.9 Å². The summed E-state index contributed by atoms with van der Waals surface area (Å²) in [5.41, 5.74) is 16.8. The minimum absolute atomic E-state index is 0.300. The molecule has 2 aliphatic rings. The van der Waals surface area contributed by atoms with E-state index in [-0.39, 0.29) is 0 Å². The minimum atomic E-state index is -0.880. The number of rotatable bonds is 4. The summed E-state index contributed by atoms with van der Waals surface area (Å²) < 4.78 is 106. The summed E-state index contributed by atoms with van der Waals surface area (Å²) in [6.07, 6.45) is 0. The number of nitrogens with two attached hydrogens (primary N) is 2. The number of benzene rings is 2. The summed E-state index contributed by atoms with van der Waals surface area (Å²) in [5, 5.41) is 0. The van der Waals surface area contributed by atoms with Crippen LogP contribution in [-0.4, -0.2) is 64.6 Å². The van der Waals surface area contributed by atoms with E-state index < -0.39 is 60.0 Å². The van der Waals surface area contributed by atoms with Crippen LogP contribution in [0.2, 0.25) is 0 Å². The predicted molar refractivity (Wildman–Crippen MR) is 225 cm³/mol. The lowest BCUT2D eigenvalue weighted by molar-refractivity contribution is 0.00578. The van der Waals surface area contributed by atoms with Crippen molar-refractivity contribution in [2.75, 3.05) is 42.7 Å². The first-order valence-corrected chi connectivity index (χ1v) is 19.2. The topological polar surface area (TPSA) is 135 Å². The molecule has 0 spiro atoms. The van der Waals surface area contributed by atoms with Gasteiger partial charge in [0.25, 0.3) is 0 Å². The van der Waals surface area contributed by atoms with Gasteiger partial charge in [-0.2, -0.15) is 45.7 Å². The zero-order chi connectivity index (χ0) is 45.4. The predicted octanol–water partition coefficient (Wildman–Crippen LogP) is 8.55. The number of anilines is 3. The Morgan fingerprint density at radius 3 is 1.37 bits per heavy atom. The molecule has 18 heteroatoms. The van der Waals surface area contributed by atoms with E-state index in [1.807, 2.05) is 70.7 Å².